The Hall–Kier alpha value is -2.40. The van der Waals surface area contributed by atoms with E-state index in [-0.39, 0.29) is 0 Å². The zero-order valence-electron chi connectivity index (χ0n) is 14.8. The molecule has 0 spiro atoms. The fraction of sp³-hybridized carbons (Fsp3) is 0.200. The summed E-state index contributed by atoms with van der Waals surface area (Å²) in [5.41, 5.74) is 2.76. The fourth-order valence-electron chi connectivity index (χ4n) is 2.32. The van der Waals surface area contributed by atoms with Gasteiger partial charge < -0.3 is 18.9 Å². The molecule has 0 aromatic heterocycles. The molecule has 0 unspecified atom stereocenters. The van der Waals surface area contributed by atoms with Crippen molar-refractivity contribution in [1.29, 1.82) is 0 Å². The van der Waals surface area contributed by atoms with Gasteiger partial charge >= 0.3 is 0 Å². The van der Waals surface area contributed by atoms with Crippen LogP contribution < -0.4 is 18.9 Å². The zero-order valence-corrected chi connectivity index (χ0v) is 16.3. The molecule has 0 aliphatic rings. The minimum absolute atomic E-state index is 0.668. The molecule has 0 bridgehead atoms. The summed E-state index contributed by atoms with van der Waals surface area (Å²) in [5.74, 6) is 2.69. The van der Waals surface area contributed by atoms with Gasteiger partial charge in [0.1, 0.15) is 0 Å². The normalized spacial score (nSPS) is 10.6. The Bertz CT molecular complexity index is 797. The molecule has 0 radical (unpaired) electrons. The third-order valence-electron chi connectivity index (χ3n) is 3.72. The number of hydrogen-bond acceptors (Lipinski definition) is 4. The molecule has 4 nitrogen and oxygen atoms in total. The molecule has 0 saturated carbocycles. The van der Waals surface area contributed by atoms with Gasteiger partial charge in [-0.3, -0.25) is 0 Å². The van der Waals surface area contributed by atoms with Crippen molar-refractivity contribution in [2.45, 2.75) is 0 Å². The Morgan fingerprint density at radius 3 is 2.00 bits per heavy atom. The van der Waals surface area contributed by atoms with Crippen LogP contribution in [-0.2, 0) is 0 Å². The van der Waals surface area contributed by atoms with Crippen LogP contribution in [0.15, 0.2) is 47.5 Å². The maximum absolute atomic E-state index is 5.35. The first-order chi connectivity index (χ1) is 12.0. The minimum Gasteiger partial charge on any atom is -0.493 e. The van der Waals surface area contributed by atoms with Crippen molar-refractivity contribution in [2.75, 3.05) is 28.4 Å². The van der Waals surface area contributed by atoms with Crippen molar-refractivity contribution >= 4 is 27.6 Å². The largest absolute Gasteiger partial charge is 0.493 e. The monoisotopic (exact) mass is 404 g/mol. The van der Waals surface area contributed by atoms with Crippen LogP contribution in [0.1, 0.15) is 11.1 Å². The maximum Gasteiger partial charge on any atom is 0.161 e. The first kappa shape index (κ1) is 18.9. The first-order valence-corrected chi connectivity index (χ1v) is 8.34. The molecule has 0 aliphatic carbocycles. The summed E-state index contributed by atoms with van der Waals surface area (Å²) in [5, 5.41) is 0. The average molecular weight is 405 g/mol. The Labute approximate surface area is 156 Å². The second kappa shape index (κ2) is 8.62. The molecule has 132 valence electrons. The van der Waals surface area contributed by atoms with Crippen LogP contribution in [0.25, 0.3) is 11.6 Å². The van der Waals surface area contributed by atoms with Crippen molar-refractivity contribution in [3.05, 3.63) is 58.6 Å². The van der Waals surface area contributed by atoms with Gasteiger partial charge in [0, 0.05) is 4.47 Å². The molecule has 0 amide bonds. The summed E-state index contributed by atoms with van der Waals surface area (Å²) < 4.78 is 22.1. The van der Waals surface area contributed by atoms with E-state index in [0.717, 1.165) is 21.2 Å². The van der Waals surface area contributed by atoms with E-state index in [9.17, 15) is 0 Å². The zero-order chi connectivity index (χ0) is 18.4. The Morgan fingerprint density at radius 1 is 0.840 bits per heavy atom. The molecule has 0 N–H and O–H groups in total. The van der Waals surface area contributed by atoms with Gasteiger partial charge in [0.15, 0.2) is 23.0 Å². The molecule has 0 fully saturated rings. The highest BCUT2D eigenvalue weighted by atomic mass is 79.9. The van der Waals surface area contributed by atoms with Gasteiger partial charge in [0.2, 0.25) is 0 Å². The van der Waals surface area contributed by atoms with Gasteiger partial charge in [-0.05, 0) is 41.0 Å². The number of hydrogen-bond donors (Lipinski definition) is 0. The van der Waals surface area contributed by atoms with Gasteiger partial charge in [-0.2, -0.15) is 0 Å². The topological polar surface area (TPSA) is 36.9 Å². The fourth-order valence-corrected chi connectivity index (χ4v) is 2.77. The maximum atomic E-state index is 5.35. The van der Waals surface area contributed by atoms with Crippen LogP contribution in [0, 0.1) is 0 Å². The second-order valence-corrected chi connectivity index (χ2v) is 6.01. The highest BCUT2D eigenvalue weighted by Gasteiger charge is 2.09. The predicted molar refractivity (Wildman–Crippen MR) is 105 cm³/mol. The molecule has 5 heteroatoms. The lowest BCUT2D eigenvalue weighted by atomic mass is 10.0. The summed E-state index contributed by atoms with van der Waals surface area (Å²) in [4.78, 5) is 0. The number of rotatable bonds is 7. The number of allylic oxidation sites excluding steroid dienone is 2. The number of benzene rings is 2. The second-order valence-electron chi connectivity index (χ2n) is 5.16. The Kier molecular flexibility index (Phi) is 6.53. The summed E-state index contributed by atoms with van der Waals surface area (Å²) in [6, 6.07) is 9.48. The highest BCUT2D eigenvalue weighted by Crippen LogP contribution is 2.35. The standard InChI is InChI=1S/C20H21BrO4/c1-13(14-8-9-17(22-2)18(10-14)23-3)6-7-15-11-19(24-4)20(25-5)12-16(15)21/h6-12H,1H2,2-5H3/b7-6+. The molecule has 0 saturated heterocycles. The molecule has 25 heavy (non-hydrogen) atoms. The lowest BCUT2D eigenvalue weighted by Gasteiger charge is -2.11. The van der Waals surface area contributed by atoms with Gasteiger partial charge in [-0.1, -0.05) is 40.7 Å². The lowest BCUT2D eigenvalue weighted by molar-refractivity contribution is 0.354. The van der Waals surface area contributed by atoms with Crippen molar-refractivity contribution < 1.29 is 18.9 Å². The number of ether oxygens (including phenoxy) is 4. The number of methoxy groups -OCH3 is 4. The van der Waals surface area contributed by atoms with E-state index in [2.05, 4.69) is 22.5 Å². The Balaban J connectivity index is 2.29. The van der Waals surface area contributed by atoms with Gasteiger partial charge in [-0.25, -0.2) is 0 Å². The van der Waals surface area contributed by atoms with Crippen LogP contribution in [0.5, 0.6) is 23.0 Å². The van der Waals surface area contributed by atoms with Crippen molar-refractivity contribution in [2.24, 2.45) is 0 Å². The quantitative estimate of drug-likeness (QED) is 0.593. The van der Waals surface area contributed by atoms with Gasteiger partial charge in [0.25, 0.3) is 0 Å². The molecule has 0 atom stereocenters. The molecule has 2 aromatic rings. The molecule has 2 aromatic carbocycles. The van der Waals surface area contributed by atoms with E-state index in [1.807, 2.05) is 42.5 Å². The summed E-state index contributed by atoms with van der Waals surface area (Å²) in [7, 11) is 6.45. The van der Waals surface area contributed by atoms with Gasteiger partial charge in [0.05, 0.1) is 28.4 Å². The number of halogens is 1. The van der Waals surface area contributed by atoms with Crippen LogP contribution in [0.3, 0.4) is 0 Å². The van der Waals surface area contributed by atoms with Crippen LogP contribution >= 0.6 is 15.9 Å². The van der Waals surface area contributed by atoms with E-state index in [4.69, 9.17) is 18.9 Å². The smallest absolute Gasteiger partial charge is 0.161 e. The average Bonchev–Trinajstić information content (AvgIpc) is 2.65. The van der Waals surface area contributed by atoms with E-state index >= 15 is 0 Å². The van der Waals surface area contributed by atoms with Crippen molar-refractivity contribution in [3.63, 3.8) is 0 Å². The van der Waals surface area contributed by atoms with Crippen LogP contribution in [0.4, 0.5) is 0 Å². The van der Waals surface area contributed by atoms with E-state index in [1.165, 1.54) is 0 Å². The highest BCUT2D eigenvalue weighted by molar-refractivity contribution is 9.10. The van der Waals surface area contributed by atoms with Crippen LogP contribution in [0.2, 0.25) is 0 Å². The molecular weight excluding hydrogens is 384 g/mol. The summed E-state index contributed by atoms with van der Waals surface area (Å²) in [6.45, 7) is 4.12. The predicted octanol–water partition coefficient (Wildman–Crippen LogP) is 5.21. The molecule has 2 rings (SSSR count). The van der Waals surface area contributed by atoms with E-state index in [1.54, 1.807) is 28.4 Å². The lowest BCUT2D eigenvalue weighted by Crippen LogP contribution is -1.92. The van der Waals surface area contributed by atoms with Gasteiger partial charge in [-0.15, -0.1) is 0 Å². The Morgan fingerprint density at radius 2 is 1.40 bits per heavy atom. The minimum atomic E-state index is 0.668. The van der Waals surface area contributed by atoms with E-state index in [0.29, 0.717) is 23.0 Å². The van der Waals surface area contributed by atoms with Crippen molar-refractivity contribution in [3.8, 4) is 23.0 Å². The third kappa shape index (κ3) is 4.37. The van der Waals surface area contributed by atoms with Crippen molar-refractivity contribution in [1.82, 2.24) is 0 Å². The molecular formula is C20H21BrO4. The molecule has 0 heterocycles. The third-order valence-corrected chi connectivity index (χ3v) is 4.41. The SMILES string of the molecule is C=C(/C=C/c1cc(OC)c(OC)cc1Br)c1ccc(OC)c(OC)c1. The summed E-state index contributed by atoms with van der Waals surface area (Å²) >= 11 is 3.55. The molecule has 0 aliphatic heterocycles. The van der Waals surface area contributed by atoms with Crippen LogP contribution in [-0.4, -0.2) is 28.4 Å². The summed E-state index contributed by atoms with van der Waals surface area (Å²) in [6.07, 6.45) is 3.90. The van der Waals surface area contributed by atoms with E-state index < -0.39 is 0 Å². The first-order valence-electron chi connectivity index (χ1n) is 7.55.